The number of rotatable bonds is 3. The van der Waals surface area contributed by atoms with Crippen molar-refractivity contribution in [3.8, 4) is 0 Å². The lowest BCUT2D eigenvalue weighted by Gasteiger charge is -2.27. The third kappa shape index (κ3) is 2.72. The van der Waals surface area contributed by atoms with E-state index in [1.165, 1.54) is 16.7 Å². The first-order valence-electron chi connectivity index (χ1n) is 7.77. The molecule has 0 fully saturated rings. The third-order valence-corrected chi connectivity index (χ3v) is 4.35. The molecule has 0 spiro atoms. The zero-order valence-electron chi connectivity index (χ0n) is 13.3. The molecule has 0 amide bonds. The fraction of sp³-hybridized carbons (Fsp3) is 0.529. The number of hydrogen-bond donors (Lipinski definition) is 1. The first-order chi connectivity index (χ1) is 10.1. The van der Waals surface area contributed by atoms with Gasteiger partial charge in [0.25, 0.3) is 0 Å². The molecule has 1 aromatic heterocycles. The van der Waals surface area contributed by atoms with Crippen molar-refractivity contribution < 1.29 is 0 Å². The number of benzene rings is 1. The Balaban J connectivity index is 1.93. The van der Waals surface area contributed by atoms with Gasteiger partial charge in [-0.05, 0) is 30.9 Å². The zero-order valence-corrected chi connectivity index (χ0v) is 13.3. The molecule has 0 bridgehead atoms. The van der Waals surface area contributed by atoms with Gasteiger partial charge in [0, 0.05) is 19.5 Å². The average molecular weight is 284 g/mol. The molecule has 4 nitrogen and oxygen atoms in total. The van der Waals surface area contributed by atoms with Gasteiger partial charge in [-0.2, -0.15) is 0 Å². The van der Waals surface area contributed by atoms with E-state index in [1.807, 2.05) is 0 Å². The van der Waals surface area contributed by atoms with Crippen LogP contribution in [-0.2, 0) is 13.0 Å². The second kappa shape index (κ2) is 5.60. The summed E-state index contributed by atoms with van der Waals surface area (Å²) in [5.41, 5.74) is 3.98. The van der Waals surface area contributed by atoms with Crippen LogP contribution in [0.2, 0.25) is 0 Å². The largest absolute Gasteiger partial charge is 0.312 e. The number of nitrogens with zero attached hydrogens (tertiary/aromatic N) is 3. The Morgan fingerprint density at radius 2 is 2.10 bits per heavy atom. The van der Waals surface area contributed by atoms with Crippen molar-refractivity contribution in [2.24, 2.45) is 5.92 Å². The topological polar surface area (TPSA) is 42.7 Å². The molecule has 0 saturated carbocycles. The minimum atomic E-state index is 0.318. The maximum Gasteiger partial charge on any atom is 0.150 e. The predicted molar refractivity (Wildman–Crippen MR) is 84.3 cm³/mol. The molecule has 112 valence electrons. The maximum atomic E-state index is 4.47. The lowest BCUT2D eigenvalue weighted by Crippen LogP contribution is -2.37. The molecule has 1 aromatic carbocycles. The quantitative estimate of drug-likeness (QED) is 0.942. The van der Waals surface area contributed by atoms with E-state index in [9.17, 15) is 0 Å². The average Bonchev–Trinajstić information content (AvgIpc) is 2.86. The number of fused-ring (bicyclic) bond motifs is 1. The molecule has 0 radical (unpaired) electrons. The molecule has 0 aliphatic carbocycles. The minimum Gasteiger partial charge on any atom is -0.312 e. The van der Waals surface area contributed by atoms with E-state index in [0.29, 0.717) is 12.0 Å². The number of aryl methyl sites for hydroxylation is 2. The normalized spacial score (nSPS) is 18.0. The van der Waals surface area contributed by atoms with Crippen LogP contribution in [0.1, 0.15) is 48.2 Å². The van der Waals surface area contributed by atoms with Crippen LogP contribution in [0.25, 0.3) is 0 Å². The monoisotopic (exact) mass is 284 g/mol. The van der Waals surface area contributed by atoms with Gasteiger partial charge in [-0.3, -0.25) is 0 Å². The van der Waals surface area contributed by atoms with Crippen LogP contribution in [0.5, 0.6) is 0 Å². The van der Waals surface area contributed by atoms with Gasteiger partial charge >= 0.3 is 0 Å². The van der Waals surface area contributed by atoms with E-state index < -0.39 is 0 Å². The smallest absolute Gasteiger partial charge is 0.150 e. The lowest BCUT2D eigenvalue weighted by atomic mass is 10.0. The first kappa shape index (κ1) is 14.3. The summed E-state index contributed by atoms with van der Waals surface area (Å²) < 4.78 is 2.31. The third-order valence-electron chi connectivity index (χ3n) is 4.35. The molecule has 0 saturated heterocycles. The lowest BCUT2D eigenvalue weighted by molar-refractivity contribution is 0.335. The Bertz CT molecular complexity index is 642. The molecular weight excluding hydrogens is 260 g/mol. The van der Waals surface area contributed by atoms with Gasteiger partial charge in [0.05, 0.1) is 6.04 Å². The van der Waals surface area contributed by atoms with Gasteiger partial charge < -0.3 is 9.88 Å². The number of nitrogens with one attached hydrogen (secondary N) is 1. The Kier molecular flexibility index (Phi) is 3.81. The number of hydrogen-bond acceptors (Lipinski definition) is 3. The Labute approximate surface area is 126 Å². The Morgan fingerprint density at radius 3 is 2.86 bits per heavy atom. The summed E-state index contributed by atoms with van der Waals surface area (Å²) in [6, 6.07) is 6.93. The standard InChI is InChI=1S/C17H24N4/c1-11(2)16-17-20-19-15(21(17)8-7-18-16)10-14-9-12(3)5-6-13(14)4/h5-6,9,11,16,18H,7-8,10H2,1-4H3. The fourth-order valence-corrected chi connectivity index (χ4v) is 3.07. The van der Waals surface area contributed by atoms with Gasteiger partial charge in [-0.15, -0.1) is 10.2 Å². The number of aromatic nitrogens is 3. The van der Waals surface area contributed by atoms with Gasteiger partial charge in [0.15, 0.2) is 5.82 Å². The van der Waals surface area contributed by atoms with E-state index >= 15 is 0 Å². The molecule has 2 aromatic rings. The van der Waals surface area contributed by atoms with Crippen molar-refractivity contribution in [1.29, 1.82) is 0 Å². The highest BCUT2D eigenvalue weighted by atomic mass is 15.3. The van der Waals surface area contributed by atoms with E-state index in [-0.39, 0.29) is 0 Å². The molecule has 1 unspecified atom stereocenters. The molecular formula is C17H24N4. The SMILES string of the molecule is Cc1ccc(C)c(Cc2nnc3n2CCNC3C(C)C)c1. The van der Waals surface area contributed by atoms with Crippen LogP contribution < -0.4 is 5.32 Å². The minimum absolute atomic E-state index is 0.318. The van der Waals surface area contributed by atoms with Crippen molar-refractivity contribution in [2.45, 2.75) is 46.7 Å². The van der Waals surface area contributed by atoms with Crippen LogP contribution in [0.4, 0.5) is 0 Å². The fourth-order valence-electron chi connectivity index (χ4n) is 3.07. The maximum absolute atomic E-state index is 4.47. The molecule has 4 heteroatoms. The van der Waals surface area contributed by atoms with E-state index in [2.05, 4.69) is 66.0 Å². The molecule has 1 atom stereocenters. The van der Waals surface area contributed by atoms with Crippen molar-refractivity contribution in [1.82, 2.24) is 20.1 Å². The van der Waals surface area contributed by atoms with Crippen molar-refractivity contribution >= 4 is 0 Å². The highest BCUT2D eigenvalue weighted by Crippen LogP contribution is 2.25. The van der Waals surface area contributed by atoms with Crippen molar-refractivity contribution in [3.05, 3.63) is 46.5 Å². The highest BCUT2D eigenvalue weighted by molar-refractivity contribution is 5.32. The van der Waals surface area contributed by atoms with Crippen LogP contribution in [-0.4, -0.2) is 21.3 Å². The second-order valence-corrected chi connectivity index (χ2v) is 6.41. The molecule has 21 heavy (non-hydrogen) atoms. The van der Waals surface area contributed by atoms with Crippen LogP contribution >= 0.6 is 0 Å². The highest BCUT2D eigenvalue weighted by Gasteiger charge is 2.27. The zero-order chi connectivity index (χ0) is 15.0. The summed E-state index contributed by atoms with van der Waals surface area (Å²) in [6.07, 6.45) is 0.866. The van der Waals surface area contributed by atoms with Gasteiger partial charge in [-0.1, -0.05) is 37.6 Å². The molecule has 2 heterocycles. The molecule has 1 N–H and O–H groups in total. The molecule has 1 aliphatic heterocycles. The van der Waals surface area contributed by atoms with Gasteiger partial charge in [-0.25, -0.2) is 0 Å². The predicted octanol–water partition coefficient (Wildman–Crippen LogP) is 2.79. The van der Waals surface area contributed by atoms with Crippen LogP contribution in [0.3, 0.4) is 0 Å². The first-order valence-corrected chi connectivity index (χ1v) is 7.77. The summed E-state index contributed by atoms with van der Waals surface area (Å²) >= 11 is 0. The van der Waals surface area contributed by atoms with Crippen LogP contribution in [0.15, 0.2) is 18.2 Å². The second-order valence-electron chi connectivity index (χ2n) is 6.41. The van der Waals surface area contributed by atoms with Gasteiger partial charge in [0.1, 0.15) is 5.82 Å². The van der Waals surface area contributed by atoms with Crippen molar-refractivity contribution in [3.63, 3.8) is 0 Å². The Hall–Kier alpha value is -1.68. The summed E-state index contributed by atoms with van der Waals surface area (Å²) in [5.74, 6) is 2.71. The van der Waals surface area contributed by atoms with Crippen LogP contribution in [0, 0.1) is 19.8 Å². The molecule has 3 rings (SSSR count). The molecule has 1 aliphatic rings. The van der Waals surface area contributed by atoms with E-state index in [4.69, 9.17) is 0 Å². The summed E-state index contributed by atoms with van der Waals surface area (Å²) in [7, 11) is 0. The van der Waals surface area contributed by atoms with E-state index in [0.717, 1.165) is 31.2 Å². The summed E-state index contributed by atoms with van der Waals surface area (Å²) in [6.45, 7) is 10.7. The summed E-state index contributed by atoms with van der Waals surface area (Å²) in [5, 5.41) is 12.5. The Morgan fingerprint density at radius 1 is 1.29 bits per heavy atom. The van der Waals surface area contributed by atoms with Crippen molar-refractivity contribution in [2.75, 3.05) is 6.54 Å². The van der Waals surface area contributed by atoms with E-state index in [1.54, 1.807) is 0 Å². The summed E-state index contributed by atoms with van der Waals surface area (Å²) in [4.78, 5) is 0. The van der Waals surface area contributed by atoms with Gasteiger partial charge in [0.2, 0.25) is 0 Å².